The van der Waals surface area contributed by atoms with Crippen molar-refractivity contribution in [2.45, 2.75) is 23.5 Å². The lowest BCUT2D eigenvalue weighted by Crippen LogP contribution is -2.45. The Morgan fingerprint density at radius 2 is 1.76 bits per heavy atom. The van der Waals surface area contributed by atoms with Gasteiger partial charge in [0.25, 0.3) is 4.93 Å². The summed E-state index contributed by atoms with van der Waals surface area (Å²) in [6, 6.07) is 23.5. The normalized spacial score (nSPS) is 22.9. The number of hydrogen-bond acceptors (Lipinski definition) is 4. The number of rotatable bonds is 2. The predicted molar refractivity (Wildman–Crippen MR) is 118 cm³/mol. The van der Waals surface area contributed by atoms with Gasteiger partial charge in [-0.05, 0) is 30.2 Å². The fourth-order valence-electron chi connectivity index (χ4n) is 3.97. The second-order valence-electron chi connectivity index (χ2n) is 7.36. The van der Waals surface area contributed by atoms with E-state index in [2.05, 4.69) is 36.3 Å². The van der Waals surface area contributed by atoms with Gasteiger partial charge in [0.15, 0.2) is 0 Å². The van der Waals surface area contributed by atoms with E-state index < -0.39 is 4.93 Å². The van der Waals surface area contributed by atoms with Gasteiger partial charge in [-0.2, -0.15) is 0 Å². The maximum Gasteiger partial charge on any atom is 0.257 e. The molecule has 5 rings (SSSR count). The highest BCUT2D eigenvalue weighted by molar-refractivity contribution is 8.00. The molecule has 2 atom stereocenters. The standard InChI is InChI=1S/C24H18ClNO2S/c1-15-6-8-16(9-7-15)21-22(17-10-12-19(25)13-11-17)26-28-24(21)23(27)20-5-3-2-4-18(20)14-29-24/h2-13,21H,14H2,1H3. The van der Waals surface area contributed by atoms with Crippen molar-refractivity contribution in [1.29, 1.82) is 0 Å². The maximum absolute atomic E-state index is 13.7. The number of ketones is 1. The first-order valence-corrected chi connectivity index (χ1v) is 10.8. The number of benzene rings is 3. The van der Waals surface area contributed by atoms with Gasteiger partial charge in [0.05, 0.1) is 5.92 Å². The molecule has 5 heteroatoms. The summed E-state index contributed by atoms with van der Waals surface area (Å²) in [6.45, 7) is 2.05. The minimum Gasteiger partial charge on any atom is -0.368 e. The molecule has 2 aliphatic rings. The van der Waals surface area contributed by atoms with E-state index in [4.69, 9.17) is 16.4 Å². The van der Waals surface area contributed by atoms with E-state index in [-0.39, 0.29) is 11.7 Å². The molecule has 1 spiro atoms. The Bertz CT molecular complexity index is 1120. The average Bonchev–Trinajstić information content (AvgIpc) is 3.12. The zero-order chi connectivity index (χ0) is 20.0. The summed E-state index contributed by atoms with van der Waals surface area (Å²) in [5.74, 6) is 0.367. The van der Waals surface area contributed by atoms with Gasteiger partial charge in [0.2, 0.25) is 5.78 Å². The largest absolute Gasteiger partial charge is 0.368 e. The first-order valence-electron chi connectivity index (χ1n) is 9.44. The van der Waals surface area contributed by atoms with Crippen LogP contribution in [0.25, 0.3) is 0 Å². The molecule has 2 aliphatic heterocycles. The molecule has 0 saturated heterocycles. The Labute approximate surface area is 178 Å². The number of halogens is 1. The predicted octanol–water partition coefficient (Wildman–Crippen LogP) is 5.99. The van der Waals surface area contributed by atoms with Crippen molar-refractivity contribution in [1.82, 2.24) is 0 Å². The number of Topliss-reactive ketones (excluding diaryl/α,β-unsaturated/α-hetero) is 1. The molecule has 2 heterocycles. The number of aryl methyl sites for hydroxylation is 1. The lowest BCUT2D eigenvalue weighted by Gasteiger charge is -2.35. The molecule has 3 nitrogen and oxygen atoms in total. The van der Waals surface area contributed by atoms with Gasteiger partial charge >= 0.3 is 0 Å². The molecule has 144 valence electrons. The summed E-state index contributed by atoms with van der Waals surface area (Å²) >= 11 is 7.60. The molecular weight excluding hydrogens is 402 g/mol. The zero-order valence-corrected chi connectivity index (χ0v) is 17.3. The number of carbonyl (C=O) groups is 1. The van der Waals surface area contributed by atoms with Crippen LogP contribution in [0.4, 0.5) is 0 Å². The summed E-state index contributed by atoms with van der Waals surface area (Å²) in [5, 5.41) is 5.11. The van der Waals surface area contributed by atoms with Crippen LogP contribution < -0.4 is 0 Å². The lowest BCUT2D eigenvalue weighted by molar-refractivity contribution is 0.0361. The highest BCUT2D eigenvalue weighted by Gasteiger charge is 2.58. The van der Waals surface area contributed by atoms with Gasteiger partial charge in [-0.15, -0.1) is 0 Å². The summed E-state index contributed by atoms with van der Waals surface area (Å²) < 4.78 is 0. The minimum atomic E-state index is -1.10. The topological polar surface area (TPSA) is 38.7 Å². The smallest absolute Gasteiger partial charge is 0.257 e. The zero-order valence-electron chi connectivity index (χ0n) is 15.8. The highest BCUT2D eigenvalue weighted by Crippen LogP contribution is 2.52. The summed E-state index contributed by atoms with van der Waals surface area (Å²) in [4.78, 5) is 18.6. The van der Waals surface area contributed by atoms with Crippen molar-refractivity contribution in [2.24, 2.45) is 5.16 Å². The van der Waals surface area contributed by atoms with Crippen LogP contribution in [0.2, 0.25) is 5.02 Å². The van der Waals surface area contributed by atoms with E-state index in [1.54, 1.807) is 0 Å². The van der Waals surface area contributed by atoms with E-state index >= 15 is 0 Å². The van der Waals surface area contributed by atoms with Crippen molar-refractivity contribution in [3.8, 4) is 0 Å². The first kappa shape index (κ1) is 18.5. The Hall–Kier alpha value is -2.56. The van der Waals surface area contributed by atoms with E-state index in [1.807, 2.05) is 48.5 Å². The van der Waals surface area contributed by atoms with Crippen LogP contribution in [-0.4, -0.2) is 16.4 Å². The maximum atomic E-state index is 13.7. The number of oxime groups is 1. The van der Waals surface area contributed by atoms with Crippen LogP contribution >= 0.6 is 23.4 Å². The van der Waals surface area contributed by atoms with E-state index in [1.165, 1.54) is 17.3 Å². The van der Waals surface area contributed by atoms with Gasteiger partial charge in [0, 0.05) is 21.9 Å². The van der Waals surface area contributed by atoms with Crippen LogP contribution in [-0.2, 0) is 10.6 Å². The molecule has 0 fully saturated rings. The van der Waals surface area contributed by atoms with Gasteiger partial charge < -0.3 is 4.84 Å². The first-order chi connectivity index (χ1) is 14.1. The molecule has 0 aliphatic carbocycles. The van der Waals surface area contributed by atoms with Crippen molar-refractivity contribution < 1.29 is 9.63 Å². The second-order valence-corrected chi connectivity index (χ2v) is 8.98. The molecule has 0 amide bonds. The van der Waals surface area contributed by atoms with Crippen molar-refractivity contribution in [3.05, 3.63) is 106 Å². The minimum absolute atomic E-state index is 0.0253. The lowest BCUT2D eigenvalue weighted by atomic mass is 9.81. The third-order valence-electron chi connectivity index (χ3n) is 5.50. The molecule has 2 unspecified atom stereocenters. The Morgan fingerprint density at radius 1 is 1.03 bits per heavy atom. The molecule has 0 aromatic heterocycles. The van der Waals surface area contributed by atoms with Crippen LogP contribution in [0.5, 0.6) is 0 Å². The molecule has 3 aromatic rings. The number of nitrogens with zero attached hydrogens (tertiary/aromatic N) is 1. The third kappa shape index (κ3) is 2.98. The molecule has 29 heavy (non-hydrogen) atoms. The SMILES string of the molecule is Cc1ccc(C2C(c3ccc(Cl)cc3)=NOC23SCc2ccccc2C3=O)cc1. The van der Waals surface area contributed by atoms with Crippen LogP contribution in [0.15, 0.2) is 78.0 Å². The second kappa shape index (κ2) is 7.05. The van der Waals surface area contributed by atoms with Crippen LogP contribution in [0.1, 0.15) is 38.5 Å². The van der Waals surface area contributed by atoms with Gasteiger partial charge in [0.1, 0.15) is 5.71 Å². The van der Waals surface area contributed by atoms with E-state index in [0.717, 1.165) is 28.0 Å². The monoisotopic (exact) mass is 419 g/mol. The number of carbonyl (C=O) groups excluding carboxylic acids is 1. The fourth-order valence-corrected chi connectivity index (χ4v) is 5.46. The highest BCUT2D eigenvalue weighted by atomic mass is 35.5. The summed E-state index contributed by atoms with van der Waals surface area (Å²) in [5.41, 5.74) is 5.60. The van der Waals surface area contributed by atoms with Crippen LogP contribution in [0.3, 0.4) is 0 Å². The number of fused-ring (bicyclic) bond motifs is 1. The molecule has 3 aromatic carbocycles. The van der Waals surface area contributed by atoms with Gasteiger partial charge in [-0.3, -0.25) is 4.79 Å². The molecule has 0 saturated carbocycles. The fraction of sp³-hybridized carbons (Fsp3) is 0.167. The molecule has 0 radical (unpaired) electrons. The van der Waals surface area contributed by atoms with Gasteiger partial charge in [-0.25, -0.2) is 0 Å². The van der Waals surface area contributed by atoms with E-state index in [9.17, 15) is 4.79 Å². The van der Waals surface area contributed by atoms with Gasteiger partial charge in [-0.1, -0.05) is 94.7 Å². The third-order valence-corrected chi connectivity index (χ3v) is 7.14. The summed E-state index contributed by atoms with van der Waals surface area (Å²) in [7, 11) is 0. The van der Waals surface area contributed by atoms with Crippen molar-refractivity contribution >= 4 is 34.9 Å². The molecule has 0 bridgehead atoms. The quantitative estimate of drug-likeness (QED) is 0.511. The molecular formula is C24H18ClNO2S. The van der Waals surface area contributed by atoms with E-state index in [0.29, 0.717) is 10.8 Å². The number of thioether (sulfide) groups is 1. The molecule has 0 N–H and O–H groups in total. The van der Waals surface area contributed by atoms with Crippen molar-refractivity contribution in [2.75, 3.05) is 0 Å². The Kier molecular flexibility index (Phi) is 4.49. The Morgan fingerprint density at radius 3 is 2.52 bits per heavy atom. The summed E-state index contributed by atoms with van der Waals surface area (Å²) in [6.07, 6.45) is 0. The van der Waals surface area contributed by atoms with Crippen molar-refractivity contribution in [3.63, 3.8) is 0 Å². The van der Waals surface area contributed by atoms with Crippen LogP contribution in [0, 0.1) is 6.92 Å². The Balaban J connectivity index is 1.65. The average molecular weight is 420 g/mol. The number of hydrogen-bond donors (Lipinski definition) is 0.